The third-order valence-electron chi connectivity index (χ3n) is 6.03. The number of H-pyrrole nitrogens is 1. The van der Waals surface area contributed by atoms with E-state index in [4.69, 9.17) is 0 Å². The maximum absolute atomic E-state index is 12.5. The van der Waals surface area contributed by atoms with Crippen LogP contribution >= 0.6 is 0 Å². The van der Waals surface area contributed by atoms with Crippen LogP contribution in [0.5, 0.6) is 0 Å². The minimum atomic E-state index is -0.0725. The van der Waals surface area contributed by atoms with Crippen LogP contribution in [0.3, 0.4) is 0 Å². The highest BCUT2D eigenvalue weighted by Crippen LogP contribution is 2.39. The number of hydrogen-bond donors (Lipinski definition) is 2. The van der Waals surface area contributed by atoms with Crippen LogP contribution < -0.4 is 10.9 Å². The highest BCUT2D eigenvalue weighted by Gasteiger charge is 2.23. The van der Waals surface area contributed by atoms with Gasteiger partial charge < -0.3 is 15.2 Å². The van der Waals surface area contributed by atoms with Crippen LogP contribution in [-0.4, -0.2) is 60.5 Å². The van der Waals surface area contributed by atoms with E-state index >= 15 is 0 Å². The molecule has 6 nitrogen and oxygen atoms in total. The molecule has 3 aromatic rings. The second kappa shape index (κ2) is 7.13. The molecule has 1 saturated heterocycles. The third kappa shape index (κ3) is 3.34. The second-order valence-electron chi connectivity index (χ2n) is 8.03. The Balaban J connectivity index is 1.39. The molecule has 0 radical (unpaired) electrons. The molecule has 1 aliphatic heterocycles. The number of carbonyl (C=O) groups is 1. The van der Waals surface area contributed by atoms with E-state index in [0.717, 1.165) is 65.9 Å². The highest BCUT2D eigenvalue weighted by molar-refractivity contribution is 5.96. The molecule has 2 heterocycles. The number of hydrogen-bond acceptors (Lipinski definition) is 4. The third-order valence-corrected chi connectivity index (χ3v) is 6.03. The van der Waals surface area contributed by atoms with E-state index in [-0.39, 0.29) is 11.5 Å². The molecule has 2 aromatic carbocycles. The summed E-state index contributed by atoms with van der Waals surface area (Å²) in [6, 6.07) is 13.7. The van der Waals surface area contributed by atoms with Crippen molar-refractivity contribution in [2.45, 2.75) is 6.42 Å². The maximum atomic E-state index is 12.5. The van der Waals surface area contributed by atoms with Crippen LogP contribution in [0.2, 0.25) is 0 Å². The monoisotopic (exact) mass is 388 g/mol. The van der Waals surface area contributed by atoms with Crippen molar-refractivity contribution in [1.82, 2.24) is 14.8 Å². The lowest BCUT2D eigenvalue weighted by atomic mass is 10.0. The standard InChI is InChI=1S/C23H24N4O2/c1-26-8-10-27(11-9-26)14-21(28)24-16-7-6-15-12-20-17-4-2-3-5-18(17)23(29)25-22(20)19(15)13-16/h2-7,13H,8-12,14H2,1H3,(H,24,28)(H,25,29). The lowest BCUT2D eigenvalue weighted by molar-refractivity contribution is -0.117. The van der Waals surface area contributed by atoms with Gasteiger partial charge in [0.1, 0.15) is 0 Å². The predicted molar refractivity (Wildman–Crippen MR) is 115 cm³/mol. The minimum Gasteiger partial charge on any atom is -0.325 e. The Morgan fingerprint density at radius 1 is 1.07 bits per heavy atom. The van der Waals surface area contributed by atoms with Crippen LogP contribution in [0.15, 0.2) is 47.3 Å². The normalized spacial score (nSPS) is 16.6. The van der Waals surface area contributed by atoms with Crippen molar-refractivity contribution in [2.75, 3.05) is 45.1 Å². The van der Waals surface area contributed by atoms with Gasteiger partial charge in [-0.25, -0.2) is 0 Å². The van der Waals surface area contributed by atoms with Crippen molar-refractivity contribution in [3.05, 3.63) is 63.9 Å². The van der Waals surface area contributed by atoms with Gasteiger partial charge in [0.2, 0.25) is 5.91 Å². The molecule has 0 saturated carbocycles. The highest BCUT2D eigenvalue weighted by atomic mass is 16.2. The number of nitrogens with zero attached hydrogens (tertiary/aromatic N) is 2. The van der Waals surface area contributed by atoms with Crippen molar-refractivity contribution >= 4 is 22.4 Å². The molecule has 148 valence electrons. The zero-order valence-corrected chi connectivity index (χ0v) is 16.5. The molecule has 5 rings (SSSR count). The number of aromatic amines is 1. The number of pyridine rings is 1. The van der Waals surface area contributed by atoms with Gasteiger partial charge in [0.05, 0.1) is 12.2 Å². The molecule has 0 spiro atoms. The lowest BCUT2D eigenvalue weighted by Crippen LogP contribution is -2.47. The van der Waals surface area contributed by atoms with Gasteiger partial charge >= 0.3 is 0 Å². The zero-order chi connectivity index (χ0) is 20.0. The van der Waals surface area contributed by atoms with E-state index in [0.29, 0.717) is 6.54 Å². The number of nitrogens with one attached hydrogen (secondary N) is 2. The first kappa shape index (κ1) is 18.1. The van der Waals surface area contributed by atoms with E-state index in [9.17, 15) is 9.59 Å². The number of aromatic nitrogens is 1. The predicted octanol–water partition coefficient (Wildman–Crippen LogP) is 2.29. The number of fused-ring (bicyclic) bond motifs is 5. The van der Waals surface area contributed by atoms with E-state index in [1.165, 1.54) is 5.56 Å². The summed E-state index contributed by atoms with van der Waals surface area (Å²) >= 11 is 0. The van der Waals surface area contributed by atoms with Crippen LogP contribution in [-0.2, 0) is 11.2 Å². The van der Waals surface area contributed by atoms with Gasteiger partial charge in [0, 0.05) is 49.2 Å². The number of piperazine rings is 1. The molecular weight excluding hydrogens is 364 g/mol. The molecule has 1 aromatic heterocycles. The summed E-state index contributed by atoms with van der Waals surface area (Å²) in [5.74, 6) is -0.000251. The summed E-state index contributed by atoms with van der Waals surface area (Å²) in [5, 5.41) is 4.75. The number of rotatable bonds is 3. The molecule has 2 N–H and O–H groups in total. The van der Waals surface area contributed by atoms with Crippen LogP contribution in [0, 0.1) is 0 Å². The largest absolute Gasteiger partial charge is 0.325 e. The fourth-order valence-corrected chi connectivity index (χ4v) is 4.39. The van der Waals surface area contributed by atoms with Crippen molar-refractivity contribution < 1.29 is 4.79 Å². The summed E-state index contributed by atoms with van der Waals surface area (Å²) in [6.45, 7) is 4.21. The summed E-state index contributed by atoms with van der Waals surface area (Å²) < 4.78 is 0. The van der Waals surface area contributed by atoms with Gasteiger partial charge in [0.25, 0.3) is 5.56 Å². The summed E-state index contributed by atoms with van der Waals surface area (Å²) in [5.41, 5.74) is 4.89. The Kier molecular flexibility index (Phi) is 4.45. The first-order valence-corrected chi connectivity index (χ1v) is 10.1. The number of carbonyl (C=O) groups excluding carboxylic acids is 1. The van der Waals surface area contributed by atoms with E-state index in [1.54, 1.807) is 0 Å². The summed E-state index contributed by atoms with van der Waals surface area (Å²) in [6.07, 6.45) is 0.789. The van der Waals surface area contributed by atoms with Gasteiger partial charge in [-0.3, -0.25) is 14.5 Å². The van der Waals surface area contributed by atoms with Gasteiger partial charge in [-0.05, 0) is 41.8 Å². The Hall–Kier alpha value is -2.96. The van der Waals surface area contributed by atoms with Crippen molar-refractivity contribution in [3.63, 3.8) is 0 Å². The number of likely N-dealkylation sites (N-methyl/N-ethyl adjacent to an activating group) is 1. The molecule has 0 bridgehead atoms. The average molecular weight is 388 g/mol. The van der Waals surface area contributed by atoms with E-state index < -0.39 is 0 Å². The summed E-state index contributed by atoms with van der Waals surface area (Å²) in [4.78, 5) is 32.5. The molecular formula is C23H24N4O2. The average Bonchev–Trinajstić information content (AvgIpc) is 3.08. The van der Waals surface area contributed by atoms with Crippen molar-refractivity contribution in [1.29, 1.82) is 0 Å². The van der Waals surface area contributed by atoms with Crippen LogP contribution in [0.4, 0.5) is 5.69 Å². The Morgan fingerprint density at radius 3 is 2.62 bits per heavy atom. The van der Waals surface area contributed by atoms with E-state index in [2.05, 4.69) is 27.1 Å². The fourth-order valence-electron chi connectivity index (χ4n) is 4.39. The van der Waals surface area contributed by atoms with Crippen LogP contribution in [0.1, 0.15) is 11.1 Å². The molecule has 29 heavy (non-hydrogen) atoms. The Morgan fingerprint density at radius 2 is 1.83 bits per heavy atom. The SMILES string of the molecule is CN1CCN(CC(=O)Nc2ccc3c(c2)-c2[nH]c(=O)c4ccccc4c2C3)CC1. The molecule has 1 aliphatic carbocycles. The Bertz CT molecular complexity index is 1160. The zero-order valence-electron chi connectivity index (χ0n) is 16.5. The first-order valence-electron chi connectivity index (χ1n) is 10.1. The number of amides is 1. The number of benzene rings is 2. The quantitative estimate of drug-likeness (QED) is 0.565. The lowest BCUT2D eigenvalue weighted by Gasteiger charge is -2.31. The van der Waals surface area contributed by atoms with Gasteiger partial charge in [-0.1, -0.05) is 24.3 Å². The molecule has 0 atom stereocenters. The minimum absolute atomic E-state index is 0.000251. The summed E-state index contributed by atoms with van der Waals surface area (Å²) in [7, 11) is 2.10. The fraction of sp³-hybridized carbons (Fsp3) is 0.304. The smallest absolute Gasteiger partial charge is 0.256 e. The first-order chi connectivity index (χ1) is 14.1. The molecule has 1 amide bonds. The maximum Gasteiger partial charge on any atom is 0.256 e. The van der Waals surface area contributed by atoms with Crippen molar-refractivity contribution in [2.24, 2.45) is 0 Å². The Labute approximate surface area is 169 Å². The van der Waals surface area contributed by atoms with Gasteiger partial charge in [-0.2, -0.15) is 0 Å². The molecule has 1 fully saturated rings. The molecule has 2 aliphatic rings. The topological polar surface area (TPSA) is 68.4 Å². The molecule has 6 heteroatoms. The van der Waals surface area contributed by atoms with E-state index in [1.807, 2.05) is 42.5 Å². The van der Waals surface area contributed by atoms with Crippen molar-refractivity contribution in [3.8, 4) is 11.3 Å². The second-order valence-corrected chi connectivity index (χ2v) is 8.03. The number of anilines is 1. The molecule has 0 unspecified atom stereocenters. The van der Waals surface area contributed by atoms with Crippen LogP contribution in [0.25, 0.3) is 22.0 Å². The van der Waals surface area contributed by atoms with Gasteiger partial charge in [-0.15, -0.1) is 0 Å². The van der Waals surface area contributed by atoms with Gasteiger partial charge in [0.15, 0.2) is 0 Å².